The molecule has 1 N–H and O–H groups in total. The summed E-state index contributed by atoms with van der Waals surface area (Å²) in [4.78, 5) is 22.4. The summed E-state index contributed by atoms with van der Waals surface area (Å²) in [6, 6.07) is -1.20. The molecule has 0 aliphatic heterocycles. The molecule has 1 saturated carbocycles. The first-order valence-electron chi connectivity index (χ1n) is 5.81. The number of amides is 1. The molecule has 1 rings (SSSR count). The van der Waals surface area contributed by atoms with E-state index in [1.807, 2.05) is 0 Å². The van der Waals surface area contributed by atoms with Crippen LogP contribution in [0, 0.1) is 5.92 Å². The van der Waals surface area contributed by atoms with Crippen LogP contribution in [0.1, 0.15) is 32.1 Å². The number of alkyl halides is 3. The van der Waals surface area contributed by atoms with Crippen LogP contribution in [0.4, 0.5) is 13.2 Å². The molecule has 0 aromatic carbocycles. The van der Waals surface area contributed by atoms with Gasteiger partial charge in [-0.2, -0.15) is 13.2 Å². The highest BCUT2D eigenvalue weighted by Crippen LogP contribution is 2.27. The minimum Gasteiger partial charge on any atom is -0.467 e. The predicted molar refractivity (Wildman–Crippen MR) is 56.6 cm³/mol. The summed E-state index contributed by atoms with van der Waals surface area (Å²) in [5.74, 6) is -3.19. The fourth-order valence-electron chi connectivity index (χ4n) is 2.19. The van der Waals surface area contributed by atoms with Crippen LogP contribution in [0.15, 0.2) is 0 Å². The Labute approximate surface area is 103 Å². The predicted octanol–water partition coefficient (Wildman–Crippen LogP) is 1.79. The van der Waals surface area contributed by atoms with Crippen molar-refractivity contribution in [1.29, 1.82) is 0 Å². The van der Waals surface area contributed by atoms with Gasteiger partial charge in [-0.3, -0.25) is 4.79 Å². The third-order valence-corrected chi connectivity index (χ3v) is 3.12. The Morgan fingerprint density at radius 3 is 2.22 bits per heavy atom. The Hall–Kier alpha value is -1.27. The third-order valence-electron chi connectivity index (χ3n) is 3.12. The SMILES string of the molecule is COC(=O)C(NC(=O)C(F)(F)F)C1CCCCC1. The van der Waals surface area contributed by atoms with Crippen LogP contribution < -0.4 is 5.32 Å². The summed E-state index contributed by atoms with van der Waals surface area (Å²) in [7, 11) is 1.10. The van der Waals surface area contributed by atoms with Gasteiger partial charge in [-0.15, -0.1) is 0 Å². The largest absolute Gasteiger partial charge is 0.471 e. The molecule has 7 heteroatoms. The summed E-state index contributed by atoms with van der Waals surface area (Å²) in [6.45, 7) is 0. The summed E-state index contributed by atoms with van der Waals surface area (Å²) in [5, 5.41) is 1.74. The van der Waals surface area contributed by atoms with E-state index in [9.17, 15) is 22.8 Å². The van der Waals surface area contributed by atoms with E-state index in [2.05, 4.69) is 4.74 Å². The molecule has 0 heterocycles. The zero-order valence-corrected chi connectivity index (χ0v) is 10.0. The number of esters is 1. The minimum atomic E-state index is -4.99. The smallest absolute Gasteiger partial charge is 0.467 e. The number of hydrogen-bond acceptors (Lipinski definition) is 3. The second-order valence-electron chi connectivity index (χ2n) is 4.37. The molecule has 0 spiro atoms. The van der Waals surface area contributed by atoms with Gasteiger partial charge in [-0.05, 0) is 18.8 Å². The van der Waals surface area contributed by atoms with Crippen LogP contribution in [0.3, 0.4) is 0 Å². The number of halogens is 3. The van der Waals surface area contributed by atoms with E-state index in [4.69, 9.17) is 0 Å². The Morgan fingerprint density at radius 1 is 1.22 bits per heavy atom. The molecule has 18 heavy (non-hydrogen) atoms. The lowest BCUT2D eigenvalue weighted by atomic mass is 9.84. The number of carbonyl (C=O) groups excluding carboxylic acids is 2. The van der Waals surface area contributed by atoms with Gasteiger partial charge < -0.3 is 10.1 Å². The molecule has 104 valence electrons. The maximum absolute atomic E-state index is 12.2. The highest BCUT2D eigenvalue weighted by atomic mass is 19.4. The summed E-state index contributed by atoms with van der Waals surface area (Å²) >= 11 is 0. The molecule has 1 aliphatic rings. The van der Waals surface area contributed by atoms with E-state index < -0.39 is 24.1 Å². The van der Waals surface area contributed by atoms with E-state index in [1.165, 1.54) is 0 Å². The highest BCUT2D eigenvalue weighted by molar-refractivity contribution is 5.87. The van der Waals surface area contributed by atoms with Crippen molar-refractivity contribution in [2.75, 3.05) is 7.11 Å². The zero-order valence-electron chi connectivity index (χ0n) is 10.0. The van der Waals surface area contributed by atoms with E-state index >= 15 is 0 Å². The monoisotopic (exact) mass is 267 g/mol. The molecule has 0 saturated heterocycles. The number of rotatable bonds is 3. The molecular formula is C11H16F3NO3. The van der Waals surface area contributed by atoms with Gasteiger partial charge in [0.05, 0.1) is 7.11 Å². The van der Waals surface area contributed by atoms with Crippen LogP contribution in [0.2, 0.25) is 0 Å². The Balaban J connectivity index is 2.72. The van der Waals surface area contributed by atoms with Gasteiger partial charge in [0.1, 0.15) is 6.04 Å². The van der Waals surface area contributed by atoms with Crippen molar-refractivity contribution >= 4 is 11.9 Å². The average molecular weight is 267 g/mol. The van der Waals surface area contributed by atoms with Gasteiger partial charge in [-0.25, -0.2) is 4.79 Å². The van der Waals surface area contributed by atoms with Gasteiger partial charge in [-0.1, -0.05) is 19.3 Å². The Morgan fingerprint density at radius 2 is 1.78 bits per heavy atom. The van der Waals surface area contributed by atoms with Gasteiger partial charge in [0.25, 0.3) is 0 Å². The third kappa shape index (κ3) is 3.89. The van der Waals surface area contributed by atoms with Crippen molar-refractivity contribution in [3.8, 4) is 0 Å². The Bertz CT molecular complexity index is 311. The van der Waals surface area contributed by atoms with Gasteiger partial charge in [0, 0.05) is 0 Å². The van der Waals surface area contributed by atoms with Crippen molar-refractivity contribution < 1.29 is 27.5 Å². The fraction of sp³-hybridized carbons (Fsp3) is 0.818. The lowest BCUT2D eigenvalue weighted by molar-refractivity contribution is -0.176. The topological polar surface area (TPSA) is 55.4 Å². The standard InChI is InChI=1S/C11H16F3NO3/c1-18-9(16)8(7-5-3-2-4-6-7)15-10(17)11(12,13)14/h7-8H,2-6H2,1H3,(H,15,17). The molecular weight excluding hydrogens is 251 g/mol. The molecule has 4 nitrogen and oxygen atoms in total. The van der Waals surface area contributed by atoms with Crippen LogP contribution in [-0.4, -0.2) is 31.2 Å². The van der Waals surface area contributed by atoms with E-state index in [0.29, 0.717) is 12.8 Å². The van der Waals surface area contributed by atoms with Crippen LogP contribution in [-0.2, 0) is 14.3 Å². The minimum absolute atomic E-state index is 0.280. The average Bonchev–Trinajstić information content (AvgIpc) is 2.34. The number of nitrogens with one attached hydrogen (secondary N) is 1. The Kier molecular flexibility index (Phi) is 4.98. The first kappa shape index (κ1) is 14.8. The van der Waals surface area contributed by atoms with Gasteiger partial charge >= 0.3 is 18.1 Å². The van der Waals surface area contributed by atoms with Crippen molar-refractivity contribution in [2.45, 2.75) is 44.3 Å². The van der Waals surface area contributed by atoms with Crippen molar-refractivity contribution in [2.24, 2.45) is 5.92 Å². The molecule has 0 aromatic rings. The number of carbonyl (C=O) groups is 2. The summed E-state index contributed by atoms with van der Waals surface area (Å²) < 4.78 is 41.0. The first-order chi connectivity index (χ1) is 8.36. The lowest BCUT2D eigenvalue weighted by Gasteiger charge is -2.29. The maximum Gasteiger partial charge on any atom is 0.471 e. The van der Waals surface area contributed by atoms with Crippen molar-refractivity contribution in [1.82, 2.24) is 5.32 Å². The zero-order chi connectivity index (χ0) is 13.8. The quantitative estimate of drug-likeness (QED) is 0.793. The van der Waals surface area contributed by atoms with Crippen LogP contribution in [0.5, 0.6) is 0 Å². The van der Waals surface area contributed by atoms with Gasteiger partial charge in [0.15, 0.2) is 0 Å². The molecule has 1 fully saturated rings. The molecule has 1 unspecified atom stereocenters. The van der Waals surface area contributed by atoms with Crippen LogP contribution in [0.25, 0.3) is 0 Å². The number of ether oxygens (including phenoxy) is 1. The number of hydrogen-bond donors (Lipinski definition) is 1. The molecule has 1 amide bonds. The van der Waals surface area contributed by atoms with E-state index in [0.717, 1.165) is 26.4 Å². The summed E-state index contributed by atoms with van der Waals surface area (Å²) in [6.07, 6.45) is -1.05. The highest BCUT2D eigenvalue weighted by Gasteiger charge is 2.42. The molecule has 0 radical (unpaired) electrons. The molecule has 0 bridgehead atoms. The van der Waals surface area contributed by atoms with E-state index in [-0.39, 0.29) is 5.92 Å². The second-order valence-corrected chi connectivity index (χ2v) is 4.37. The van der Waals surface area contributed by atoms with Crippen molar-refractivity contribution in [3.63, 3.8) is 0 Å². The van der Waals surface area contributed by atoms with E-state index in [1.54, 1.807) is 5.32 Å². The molecule has 1 atom stereocenters. The van der Waals surface area contributed by atoms with Crippen LogP contribution >= 0.6 is 0 Å². The van der Waals surface area contributed by atoms with Gasteiger partial charge in [0.2, 0.25) is 0 Å². The fourth-order valence-corrected chi connectivity index (χ4v) is 2.19. The second kappa shape index (κ2) is 6.06. The lowest BCUT2D eigenvalue weighted by Crippen LogP contribution is -2.51. The molecule has 1 aliphatic carbocycles. The summed E-state index contributed by atoms with van der Waals surface area (Å²) in [5.41, 5.74) is 0. The normalized spacial score (nSPS) is 19.1. The van der Waals surface area contributed by atoms with Crippen molar-refractivity contribution in [3.05, 3.63) is 0 Å². The molecule has 0 aromatic heterocycles. The first-order valence-corrected chi connectivity index (χ1v) is 5.81. The number of methoxy groups -OCH3 is 1. The maximum atomic E-state index is 12.2.